The summed E-state index contributed by atoms with van der Waals surface area (Å²) in [7, 11) is 0. The maximum atomic E-state index is 13.3. The van der Waals surface area contributed by atoms with Crippen molar-refractivity contribution in [2.45, 2.75) is 37.8 Å². The number of carbonyl (C=O) groups excluding carboxylic acids is 2. The summed E-state index contributed by atoms with van der Waals surface area (Å²) in [5, 5.41) is 18.6. The number of rotatable bonds is 10. The molecule has 360 valence electrons. The molecule has 20 heteroatoms. The van der Waals surface area contributed by atoms with Crippen LogP contribution in [0.25, 0.3) is 44.1 Å². The van der Waals surface area contributed by atoms with Crippen molar-refractivity contribution < 1.29 is 82.1 Å². The maximum Gasteiger partial charge on any atom is 0.416 e. The fourth-order valence-corrected chi connectivity index (χ4v) is 7.61. The van der Waals surface area contributed by atoms with Gasteiger partial charge in [-0.05, 0) is 94.0 Å². The topological polar surface area (TPSA) is 119 Å². The van der Waals surface area contributed by atoms with E-state index in [4.69, 9.17) is 0 Å². The highest BCUT2D eigenvalue weighted by molar-refractivity contribution is 6.43. The summed E-state index contributed by atoms with van der Waals surface area (Å²) in [6, 6.07) is 28.3. The number of aromatic nitrogens is 2. The van der Waals surface area contributed by atoms with E-state index in [0.29, 0.717) is 35.3 Å². The van der Waals surface area contributed by atoms with Gasteiger partial charge < -0.3 is 19.3 Å². The van der Waals surface area contributed by atoms with E-state index < -0.39 is 70.5 Å². The second-order valence-electron chi connectivity index (χ2n) is 15.6. The van der Waals surface area contributed by atoms with E-state index >= 15 is 0 Å². The average Bonchev–Trinajstić information content (AvgIpc) is 3.84. The number of carboxylic acid groups (broad SMARTS) is 2. The first-order valence-electron chi connectivity index (χ1n) is 20.2. The molecule has 2 heterocycles. The van der Waals surface area contributed by atoms with Gasteiger partial charge in [0.1, 0.15) is 0 Å². The van der Waals surface area contributed by atoms with Gasteiger partial charge in [-0.2, -0.15) is 52.7 Å². The lowest BCUT2D eigenvalue weighted by atomic mass is 9.97. The lowest BCUT2D eigenvalue weighted by Gasteiger charge is -2.14. The lowest BCUT2D eigenvalue weighted by molar-refractivity contribution is -0.144. The van der Waals surface area contributed by atoms with E-state index in [2.05, 4.69) is 0 Å². The minimum absolute atomic E-state index is 0.0255. The zero-order valence-electron chi connectivity index (χ0n) is 35.2. The van der Waals surface area contributed by atoms with Crippen LogP contribution < -0.4 is 0 Å². The van der Waals surface area contributed by atoms with Crippen molar-refractivity contribution in [2.24, 2.45) is 0 Å². The average molecular weight is 983 g/mol. The van der Waals surface area contributed by atoms with Crippen molar-refractivity contribution in [1.82, 2.24) is 9.13 Å². The second kappa shape index (κ2) is 18.7. The summed E-state index contributed by atoms with van der Waals surface area (Å²) >= 11 is 0. The number of carboxylic acids is 2. The Balaban J connectivity index is 0.000000206. The van der Waals surface area contributed by atoms with E-state index in [1.165, 1.54) is 48.8 Å². The number of hydrogen-bond donors (Lipinski definition) is 2. The molecule has 2 aromatic heterocycles. The van der Waals surface area contributed by atoms with E-state index in [9.17, 15) is 82.1 Å². The first-order valence-corrected chi connectivity index (χ1v) is 20.2. The number of aliphatic carboxylic acids is 2. The molecule has 0 saturated heterocycles. The quantitative estimate of drug-likeness (QED) is 0.0800. The SMILES string of the molecule is O=C(O)C(=O)c1cn(Cc2ccccc2)c2ccc(-c3cc(C(F)(F)F)cc(C(F)(F)F)c3)cc12.O=C(O)C(=O)c1cn(Cc2ccccc2)c2ccc(-c3cc(C(F)(F)F)cc(C(F)(F)F)c3)cc12. The molecule has 0 saturated carbocycles. The molecule has 8 nitrogen and oxygen atoms in total. The molecule has 0 aliphatic carbocycles. The van der Waals surface area contributed by atoms with Gasteiger partial charge in [-0.1, -0.05) is 72.8 Å². The molecule has 0 atom stereocenters. The highest BCUT2D eigenvalue weighted by atomic mass is 19.4. The number of nitrogens with zero attached hydrogens (tertiary/aromatic N) is 2. The molecule has 0 fully saturated rings. The Kier molecular flexibility index (Phi) is 13.3. The molecule has 8 aromatic rings. The van der Waals surface area contributed by atoms with Crippen molar-refractivity contribution in [3.63, 3.8) is 0 Å². The number of ketones is 2. The molecule has 0 amide bonds. The zero-order chi connectivity index (χ0) is 51.1. The largest absolute Gasteiger partial charge is 0.475 e. The molecule has 0 bridgehead atoms. The monoisotopic (exact) mass is 982 g/mol. The summed E-state index contributed by atoms with van der Waals surface area (Å²) in [4.78, 5) is 47.4. The predicted octanol–water partition coefficient (Wildman–Crippen LogP) is 13.3. The first kappa shape index (κ1) is 49.7. The van der Waals surface area contributed by atoms with Gasteiger partial charge in [0.2, 0.25) is 0 Å². The van der Waals surface area contributed by atoms with Gasteiger partial charge in [-0.25, -0.2) is 9.59 Å². The van der Waals surface area contributed by atoms with Crippen LogP contribution in [0.1, 0.15) is 54.1 Å². The number of benzene rings is 6. The van der Waals surface area contributed by atoms with Crippen molar-refractivity contribution >= 4 is 45.3 Å². The maximum absolute atomic E-state index is 13.3. The Hall–Kier alpha value is -8.16. The van der Waals surface area contributed by atoms with Gasteiger partial charge >= 0.3 is 36.6 Å². The van der Waals surface area contributed by atoms with Crippen molar-refractivity contribution in [2.75, 3.05) is 0 Å². The Morgan fingerprint density at radius 1 is 0.386 bits per heavy atom. The molecule has 6 aromatic carbocycles. The molecule has 8 rings (SSSR count). The Bertz CT molecular complexity index is 3030. The Morgan fingerprint density at radius 3 is 0.957 bits per heavy atom. The minimum Gasteiger partial charge on any atom is -0.475 e. The normalized spacial score (nSPS) is 12.2. The fourth-order valence-electron chi connectivity index (χ4n) is 7.61. The lowest BCUT2D eigenvalue weighted by Crippen LogP contribution is -2.12. The highest BCUT2D eigenvalue weighted by Crippen LogP contribution is 2.41. The van der Waals surface area contributed by atoms with E-state index in [-0.39, 0.29) is 69.4 Å². The summed E-state index contributed by atoms with van der Waals surface area (Å²) in [5.74, 6) is -5.99. The number of alkyl halides is 12. The number of Topliss-reactive ketones (excluding diaryl/α,β-unsaturated/α-hetero) is 2. The standard InChI is InChI=1S/2C25H15F6NO3/c2*26-24(27,28)17-8-16(9-18(11-17)25(29,30)31)15-6-7-21-19(10-15)20(22(33)23(34)35)13-32(21)12-14-4-2-1-3-5-14/h2*1-11,13H,12H2,(H,34,35). The molecule has 0 unspecified atom stereocenters. The van der Waals surface area contributed by atoms with Gasteiger partial charge in [-0.15, -0.1) is 0 Å². The second-order valence-corrected chi connectivity index (χ2v) is 15.6. The van der Waals surface area contributed by atoms with Crippen molar-refractivity contribution in [3.8, 4) is 22.3 Å². The van der Waals surface area contributed by atoms with E-state index in [0.717, 1.165) is 11.1 Å². The predicted molar refractivity (Wildman–Crippen MR) is 230 cm³/mol. The zero-order valence-corrected chi connectivity index (χ0v) is 35.2. The van der Waals surface area contributed by atoms with Crippen LogP contribution in [0.2, 0.25) is 0 Å². The van der Waals surface area contributed by atoms with E-state index in [1.54, 1.807) is 69.8 Å². The van der Waals surface area contributed by atoms with Crippen LogP contribution in [-0.4, -0.2) is 42.9 Å². The van der Waals surface area contributed by atoms with Crippen LogP contribution in [0.15, 0.2) is 146 Å². The number of carbonyl (C=O) groups is 4. The van der Waals surface area contributed by atoms with Crippen LogP contribution in [0.5, 0.6) is 0 Å². The molecule has 0 spiro atoms. The highest BCUT2D eigenvalue weighted by Gasteiger charge is 2.39. The van der Waals surface area contributed by atoms with E-state index in [1.807, 2.05) is 0 Å². The van der Waals surface area contributed by atoms with Gasteiger partial charge in [0.25, 0.3) is 11.6 Å². The summed E-state index contributed by atoms with van der Waals surface area (Å²) < 4.78 is 163. The molecule has 0 radical (unpaired) electrons. The van der Waals surface area contributed by atoms with Crippen molar-refractivity contribution in [1.29, 1.82) is 0 Å². The van der Waals surface area contributed by atoms with Crippen LogP contribution in [-0.2, 0) is 47.4 Å². The first-order chi connectivity index (χ1) is 32.7. The Morgan fingerprint density at radius 2 is 0.686 bits per heavy atom. The van der Waals surface area contributed by atoms with Crippen LogP contribution in [0.3, 0.4) is 0 Å². The number of halogens is 12. The van der Waals surface area contributed by atoms with Crippen molar-refractivity contribution in [3.05, 3.63) is 190 Å². The molecular formula is C50H30F12N2O6. The minimum atomic E-state index is -5.02. The summed E-state index contributed by atoms with van der Waals surface area (Å²) in [5.41, 5.74) is -4.76. The third-order valence-electron chi connectivity index (χ3n) is 10.9. The smallest absolute Gasteiger partial charge is 0.416 e. The molecule has 0 aliphatic heterocycles. The van der Waals surface area contributed by atoms with Gasteiger partial charge in [-0.3, -0.25) is 9.59 Å². The molecular weight excluding hydrogens is 953 g/mol. The summed E-state index contributed by atoms with van der Waals surface area (Å²) in [6.45, 7) is 0.511. The number of fused-ring (bicyclic) bond motifs is 2. The summed E-state index contributed by atoms with van der Waals surface area (Å²) in [6.07, 6.45) is -17.5. The van der Waals surface area contributed by atoms with Crippen LogP contribution in [0.4, 0.5) is 52.7 Å². The van der Waals surface area contributed by atoms with Crippen LogP contribution in [0, 0.1) is 0 Å². The molecule has 70 heavy (non-hydrogen) atoms. The third-order valence-corrected chi connectivity index (χ3v) is 10.9. The number of hydrogen-bond acceptors (Lipinski definition) is 4. The van der Waals surface area contributed by atoms with Crippen LogP contribution >= 0.6 is 0 Å². The molecule has 2 N–H and O–H groups in total. The van der Waals surface area contributed by atoms with Gasteiger partial charge in [0.15, 0.2) is 0 Å². The third kappa shape index (κ3) is 10.9. The molecule has 0 aliphatic rings. The van der Waals surface area contributed by atoms with Gasteiger partial charge in [0, 0.05) is 47.3 Å². The fraction of sp³-hybridized carbons (Fsp3) is 0.120. The van der Waals surface area contributed by atoms with Gasteiger partial charge in [0.05, 0.1) is 33.4 Å². The Labute approximate surface area is 386 Å².